The fourth-order valence-corrected chi connectivity index (χ4v) is 4.42. The highest BCUT2D eigenvalue weighted by atomic mass is 35.5. The van der Waals surface area contributed by atoms with Gasteiger partial charge in [0.25, 0.3) is 5.91 Å². The van der Waals surface area contributed by atoms with E-state index in [1.165, 1.54) is 6.21 Å². The van der Waals surface area contributed by atoms with E-state index in [1.54, 1.807) is 74.9 Å². The molecule has 0 radical (unpaired) electrons. The number of nitrogens with zero attached hydrogens (tertiary/aromatic N) is 1. The van der Waals surface area contributed by atoms with Crippen LogP contribution in [0.2, 0.25) is 5.02 Å². The number of ether oxygens (including phenoxy) is 3. The van der Waals surface area contributed by atoms with Gasteiger partial charge in [-0.25, -0.2) is 10.2 Å². The lowest BCUT2D eigenvalue weighted by Crippen LogP contribution is -2.19. The van der Waals surface area contributed by atoms with E-state index in [0.29, 0.717) is 44.1 Å². The van der Waals surface area contributed by atoms with Gasteiger partial charge in [-0.3, -0.25) is 4.79 Å². The van der Waals surface area contributed by atoms with E-state index in [2.05, 4.69) is 15.5 Å². The van der Waals surface area contributed by atoms with Crippen molar-refractivity contribution in [3.05, 3.63) is 113 Å². The summed E-state index contributed by atoms with van der Waals surface area (Å²) in [7, 11) is 3.13. The maximum atomic E-state index is 13.4. The van der Waals surface area contributed by atoms with E-state index in [9.17, 15) is 9.59 Å². The third kappa shape index (κ3) is 5.39. The van der Waals surface area contributed by atoms with Crippen LogP contribution in [-0.2, 0) is 0 Å². The van der Waals surface area contributed by atoms with Gasteiger partial charge in [0, 0.05) is 16.1 Å². The molecule has 1 amide bonds. The van der Waals surface area contributed by atoms with Crippen molar-refractivity contribution in [2.75, 3.05) is 14.2 Å². The Hall–Kier alpha value is -5.08. The molecular formula is C31H24ClN3O5. The third-order valence-electron chi connectivity index (χ3n) is 6.18. The number of H-pyrrole nitrogens is 1. The Balaban J connectivity index is 1.44. The monoisotopic (exact) mass is 553 g/mol. The number of esters is 1. The van der Waals surface area contributed by atoms with Gasteiger partial charge in [0.15, 0.2) is 0 Å². The second kappa shape index (κ2) is 11.8. The maximum Gasteiger partial charge on any atom is 0.343 e. The van der Waals surface area contributed by atoms with Crippen molar-refractivity contribution in [1.82, 2.24) is 10.4 Å². The number of nitrogens with one attached hydrogen (secondary N) is 2. The van der Waals surface area contributed by atoms with E-state index in [0.717, 1.165) is 5.56 Å². The zero-order valence-electron chi connectivity index (χ0n) is 21.6. The summed E-state index contributed by atoms with van der Waals surface area (Å²) in [6, 6.07) is 26.3. The number of hydrazone groups is 1. The second-order valence-electron chi connectivity index (χ2n) is 8.59. The van der Waals surface area contributed by atoms with E-state index < -0.39 is 11.9 Å². The van der Waals surface area contributed by atoms with Crippen LogP contribution in [0.25, 0.3) is 22.0 Å². The summed E-state index contributed by atoms with van der Waals surface area (Å²) >= 11 is 5.91. The third-order valence-corrected chi connectivity index (χ3v) is 6.43. The minimum Gasteiger partial charge on any atom is -0.496 e. The summed E-state index contributed by atoms with van der Waals surface area (Å²) in [5.41, 5.74) is 5.78. The van der Waals surface area contributed by atoms with Crippen LogP contribution in [0.15, 0.2) is 96.1 Å². The first-order valence-electron chi connectivity index (χ1n) is 12.2. The number of rotatable bonds is 8. The SMILES string of the molecule is COc1ccc(OC)c2c(-c3ccccc3)c(C(=O)NN=Cc3ccccc3OC(=O)c3ccc(Cl)cc3)[nH]c12. The summed E-state index contributed by atoms with van der Waals surface area (Å²) in [5.74, 6) is 0.406. The van der Waals surface area contributed by atoms with Crippen LogP contribution >= 0.6 is 11.6 Å². The minimum atomic E-state index is -0.546. The van der Waals surface area contributed by atoms with Crippen molar-refractivity contribution in [3.8, 4) is 28.4 Å². The van der Waals surface area contributed by atoms with Gasteiger partial charge in [0.05, 0.1) is 36.9 Å². The van der Waals surface area contributed by atoms with Crippen LogP contribution in [0.4, 0.5) is 0 Å². The van der Waals surface area contributed by atoms with Gasteiger partial charge in [-0.1, -0.05) is 54.1 Å². The Morgan fingerprint density at radius 1 is 0.825 bits per heavy atom. The molecule has 0 atom stereocenters. The molecule has 5 rings (SSSR count). The molecule has 9 heteroatoms. The quantitative estimate of drug-likeness (QED) is 0.0989. The first-order chi connectivity index (χ1) is 19.5. The van der Waals surface area contributed by atoms with E-state index in [1.807, 2.05) is 30.3 Å². The second-order valence-corrected chi connectivity index (χ2v) is 9.03. The van der Waals surface area contributed by atoms with E-state index >= 15 is 0 Å². The molecule has 0 saturated carbocycles. The van der Waals surface area contributed by atoms with Crippen LogP contribution in [0, 0.1) is 0 Å². The summed E-state index contributed by atoms with van der Waals surface area (Å²) in [4.78, 5) is 29.2. The highest BCUT2D eigenvalue weighted by Gasteiger charge is 2.24. The normalized spacial score (nSPS) is 11.0. The van der Waals surface area contributed by atoms with E-state index in [-0.39, 0.29) is 11.4 Å². The number of hydrogen-bond acceptors (Lipinski definition) is 6. The first kappa shape index (κ1) is 26.5. The lowest BCUT2D eigenvalue weighted by molar-refractivity contribution is 0.0734. The Kier molecular flexibility index (Phi) is 7.80. The van der Waals surface area contributed by atoms with Crippen LogP contribution < -0.4 is 19.6 Å². The topological polar surface area (TPSA) is 102 Å². The van der Waals surface area contributed by atoms with Gasteiger partial charge in [0.1, 0.15) is 22.9 Å². The van der Waals surface area contributed by atoms with Gasteiger partial charge >= 0.3 is 5.97 Å². The number of carbonyl (C=O) groups is 2. The largest absolute Gasteiger partial charge is 0.496 e. The number of para-hydroxylation sites is 1. The van der Waals surface area contributed by atoms with Crippen LogP contribution in [0.3, 0.4) is 0 Å². The number of aromatic amines is 1. The predicted octanol–water partition coefficient (Wildman–Crippen LogP) is 6.49. The van der Waals surface area contributed by atoms with Crippen molar-refractivity contribution < 1.29 is 23.8 Å². The number of benzene rings is 4. The van der Waals surface area contributed by atoms with Gasteiger partial charge in [-0.15, -0.1) is 0 Å². The van der Waals surface area contributed by atoms with Crippen LogP contribution in [0.1, 0.15) is 26.4 Å². The van der Waals surface area contributed by atoms with E-state index in [4.69, 9.17) is 25.8 Å². The molecule has 0 saturated heterocycles. The number of amides is 1. The zero-order valence-corrected chi connectivity index (χ0v) is 22.4. The van der Waals surface area contributed by atoms with Crippen molar-refractivity contribution in [1.29, 1.82) is 0 Å². The molecule has 0 aliphatic heterocycles. The van der Waals surface area contributed by atoms with Crippen LogP contribution in [-0.4, -0.2) is 37.3 Å². The molecule has 0 bridgehead atoms. The van der Waals surface area contributed by atoms with Crippen LogP contribution in [0.5, 0.6) is 17.2 Å². The number of carbonyl (C=O) groups excluding carboxylic acids is 2. The summed E-state index contributed by atoms with van der Waals surface area (Å²) < 4.78 is 16.7. The lowest BCUT2D eigenvalue weighted by atomic mass is 10.0. The Morgan fingerprint density at radius 2 is 1.50 bits per heavy atom. The van der Waals surface area contributed by atoms with Gasteiger partial charge in [0.2, 0.25) is 0 Å². The molecule has 2 N–H and O–H groups in total. The molecule has 0 aliphatic carbocycles. The number of hydrogen-bond donors (Lipinski definition) is 2. The van der Waals surface area contributed by atoms with Gasteiger partial charge in [-0.2, -0.15) is 5.10 Å². The molecule has 8 nitrogen and oxygen atoms in total. The summed E-state index contributed by atoms with van der Waals surface area (Å²) in [5, 5.41) is 5.37. The molecule has 40 heavy (non-hydrogen) atoms. The molecule has 1 aromatic heterocycles. The molecule has 1 heterocycles. The lowest BCUT2D eigenvalue weighted by Gasteiger charge is -2.09. The van der Waals surface area contributed by atoms with Gasteiger partial charge < -0.3 is 19.2 Å². The number of methoxy groups -OCH3 is 2. The molecule has 200 valence electrons. The molecular weight excluding hydrogens is 530 g/mol. The first-order valence-corrected chi connectivity index (χ1v) is 12.6. The molecule has 0 aliphatic rings. The highest BCUT2D eigenvalue weighted by molar-refractivity contribution is 6.30. The molecule has 0 fully saturated rings. The Morgan fingerprint density at radius 3 is 2.23 bits per heavy atom. The van der Waals surface area contributed by atoms with Gasteiger partial charge in [-0.05, 0) is 54.1 Å². The molecule has 0 spiro atoms. The molecule has 4 aromatic carbocycles. The molecule has 0 unspecified atom stereocenters. The average Bonchev–Trinajstić information content (AvgIpc) is 3.39. The van der Waals surface area contributed by atoms with Crippen molar-refractivity contribution in [2.45, 2.75) is 0 Å². The zero-order chi connectivity index (χ0) is 28.1. The fraction of sp³-hybridized carbons (Fsp3) is 0.0645. The maximum absolute atomic E-state index is 13.4. The highest BCUT2D eigenvalue weighted by Crippen LogP contribution is 2.42. The Bertz CT molecular complexity index is 1710. The summed E-state index contributed by atoms with van der Waals surface area (Å²) in [6.45, 7) is 0. The minimum absolute atomic E-state index is 0.281. The van der Waals surface area contributed by atoms with Crippen molar-refractivity contribution in [2.24, 2.45) is 5.10 Å². The summed E-state index contributed by atoms with van der Waals surface area (Å²) in [6.07, 6.45) is 1.41. The predicted molar refractivity (Wildman–Crippen MR) is 155 cm³/mol. The average molecular weight is 554 g/mol. The Labute approximate surface area is 235 Å². The molecule has 5 aromatic rings. The number of aromatic nitrogens is 1. The fourth-order valence-electron chi connectivity index (χ4n) is 4.29. The number of fused-ring (bicyclic) bond motifs is 1. The standard InChI is InChI=1S/C31H24ClN3O5/c1-38-24-16-17-25(39-2)28-27(24)26(19-8-4-3-5-9-19)29(34-28)30(36)35-33-18-21-10-6-7-11-23(21)40-31(37)20-12-14-22(32)15-13-20/h3-18,34H,1-2H3,(H,35,36). The van der Waals surface area contributed by atoms with Crippen molar-refractivity contribution in [3.63, 3.8) is 0 Å². The smallest absolute Gasteiger partial charge is 0.343 e. The number of halogens is 1. The van der Waals surface area contributed by atoms with Crippen molar-refractivity contribution >= 4 is 40.6 Å².